The number of imide groups is 1. The number of nitrogens with one attached hydrogen (secondary N) is 1. The van der Waals surface area contributed by atoms with Crippen LogP contribution in [-0.2, 0) is 9.59 Å². The fourth-order valence-corrected chi connectivity index (χ4v) is 3.59. The van der Waals surface area contributed by atoms with Gasteiger partial charge in [0.2, 0.25) is 5.91 Å². The molecule has 3 N–H and O–H groups in total. The van der Waals surface area contributed by atoms with Gasteiger partial charge in [0.1, 0.15) is 12.1 Å². The van der Waals surface area contributed by atoms with Gasteiger partial charge in [-0.05, 0) is 31.9 Å². The van der Waals surface area contributed by atoms with Crippen LogP contribution in [0.3, 0.4) is 0 Å². The second-order valence-electron chi connectivity index (χ2n) is 7.22. The average molecular weight is 344 g/mol. The second kappa shape index (κ2) is 6.48. The lowest BCUT2D eigenvalue weighted by Gasteiger charge is -2.29. The van der Waals surface area contributed by atoms with E-state index in [0.717, 1.165) is 0 Å². The third kappa shape index (κ3) is 3.11. The van der Waals surface area contributed by atoms with E-state index in [9.17, 15) is 14.4 Å². The number of benzene rings is 1. The normalized spacial score (nSPS) is 25.4. The second-order valence-corrected chi connectivity index (χ2v) is 7.22. The first-order chi connectivity index (χ1) is 11.8. The van der Waals surface area contributed by atoms with Crippen LogP contribution in [0.1, 0.15) is 25.3 Å². The number of nitrogens with zero attached hydrogens (tertiary/aromatic N) is 2. The molecule has 0 radical (unpaired) electrons. The molecular weight excluding hydrogens is 320 g/mol. The van der Waals surface area contributed by atoms with Gasteiger partial charge in [0.25, 0.3) is 5.91 Å². The van der Waals surface area contributed by atoms with Crippen molar-refractivity contribution in [1.29, 1.82) is 0 Å². The van der Waals surface area contributed by atoms with Crippen molar-refractivity contribution in [2.45, 2.75) is 25.3 Å². The quantitative estimate of drug-likeness (QED) is 0.778. The van der Waals surface area contributed by atoms with Crippen molar-refractivity contribution in [2.75, 3.05) is 26.2 Å². The minimum atomic E-state index is -1.02. The van der Waals surface area contributed by atoms with Crippen molar-refractivity contribution in [1.82, 2.24) is 15.1 Å². The summed E-state index contributed by atoms with van der Waals surface area (Å²) in [5.74, 6) is -0.158. The van der Waals surface area contributed by atoms with E-state index in [0.29, 0.717) is 19.6 Å². The van der Waals surface area contributed by atoms with Crippen LogP contribution in [0.25, 0.3) is 0 Å². The van der Waals surface area contributed by atoms with Gasteiger partial charge in [0.15, 0.2) is 0 Å². The first-order valence-corrected chi connectivity index (χ1v) is 8.50. The predicted molar refractivity (Wildman–Crippen MR) is 92.6 cm³/mol. The van der Waals surface area contributed by atoms with Gasteiger partial charge in [-0.25, -0.2) is 4.79 Å². The van der Waals surface area contributed by atoms with Gasteiger partial charge in [0.05, 0.1) is 0 Å². The zero-order chi connectivity index (χ0) is 18.2. The molecular formula is C18H24N4O3. The molecule has 25 heavy (non-hydrogen) atoms. The topological polar surface area (TPSA) is 95.7 Å². The Kier molecular flexibility index (Phi) is 4.51. The summed E-state index contributed by atoms with van der Waals surface area (Å²) >= 11 is 0. The molecule has 7 nitrogen and oxygen atoms in total. The van der Waals surface area contributed by atoms with Crippen molar-refractivity contribution >= 4 is 17.8 Å². The summed E-state index contributed by atoms with van der Waals surface area (Å²) in [5.41, 5.74) is 6.07. The molecule has 2 aliphatic heterocycles. The highest BCUT2D eigenvalue weighted by Crippen LogP contribution is 2.32. The average Bonchev–Trinajstić information content (AvgIpc) is 3.11. The molecule has 2 fully saturated rings. The van der Waals surface area contributed by atoms with Crippen molar-refractivity contribution in [2.24, 2.45) is 11.7 Å². The summed E-state index contributed by atoms with van der Waals surface area (Å²) in [7, 11) is 0. The van der Waals surface area contributed by atoms with Crippen LogP contribution in [0.2, 0.25) is 0 Å². The number of carbonyl (C=O) groups is 3. The zero-order valence-electron chi connectivity index (χ0n) is 14.6. The number of likely N-dealkylation sites (tertiary alicyclic amines) is 1. The molecule has 1 aromatic rings. The summed E-state index contributed by atoms with van der Waals surface area (Å²) in [5, 5.41) is 2.26. The predicted octanol–water partition coefficient (Wildman–Crippen LogP) is 0.518. The molecule has 2 atom stereocenters. The number of amides is 4. The number of rotatable bonds is 4. The maximum Gasteiger partial charge on any atom is 0.325 e. The van der Waals surface area contributed by atoms with E-state index in [4.69, 9.17) is 5.73 Å². The van der Waals surface area contributed by atoms with E-state index in [1.165, 1.54) is 10.5 Å². The van der Waals surface area contributed by atoms with E-state index in [2.05, 4.69) is 17.4 Å². The lowest BCUT2D eigenvalue weighted by molar-refractivity contribution is -0.132. The maximum atomic E-state index is 12.7. The van der Waals surface area contributed by atoms with E-state index in [-0.39, 0.29) is 30.2 Å². The van der Waals surface area contributed by atoms with Crippen LogP contribution < -0.4 is 11.1 Å². The molecule has 0 aromatic heterocycles. The molecule has 134 valence electrons. The van der Waals surface area contributed by atoms with Gasteiger partial charge in [-0.2, -0.15) is 0 Å². The number of hydrogen-bond donors (Lipinski definition) is 2. The third-order valence-electron chi connectivity index (χ3n) is 5.31. The smallest absolute Gasteiger partial charge is 0.325 e. The molecule has 0 aliphatic carbocycles. The fourth-order valence-electron chi connectivity index (χ4n) is 3.59. The fraction of sp³-hybridized carbons (Fsp3) is 0.500. The molecule has 2 saturated heterocycles. The Labute approximate surface area is 147 Å². The van der Waals surface area contributed by atoms with E-state index in [1.807, 2.05) is 18.2 Å². The number of urea groups is 1. The van der Waals surface area contributed by atoms with Gasteiger partial charge < -0.3 is 15.5 Å². The van der Waals surface area contributed by atoms with Crippen molar-refractivity contribution < 1.29 is 14.4 Å². The summed E-state index contributed by atoms with van der Waals surface area (Å²) in [4.78, 5) is 39.6. The number of hydrogen-bond acceptors (Lipinski definition) is 4. The molecule has 3 rings (SSSR count). The van der Waals surface area contributed by atoms with Gasteiger partial charge in [0, 0.05) is 19.0 Å². The van der Waals surface area contributed by atoms with Crippen LogP contribution in [0.4, 0.5) is 4.79 Å². The molecule has 0 unspecified atom stereocenters. The molecule has 4 amide bonds. The largest absolute Gasteiger partial charge is 0.340 e. The van der Waals surface area contributed by atoms with Gasteiger partial charge in [-0.15, -0.1) is 0 Å². The number of carbonyl (C=O) groups excluding carboxylic acids is 3. The highest BCUT2D eigenvalue weighted by molar-refractivity contribution is 6.07. The van der Waals surface area contributed by atoms with Crippen molar-refractivity contribution in [3.8, 4) is 0 Å². The van der Waals surface area contributed by atoms with Gasteiger partial charge >= 0.3 is 6.03 Å². The monoisotopic (exact) mass is 344 g/mol. The van der Waals surface area contributed by atoms with Gasteiger partial charge in [-0.3, -0.25) is 14.9 Å². The third-order valence-corrected chi connectivity index (χ3v) is 5.31. The van der Waals surface area contributed by atoms with Crippen LogP contribution >= 0.6 is 0 Å². The first kappa shape index (κ1) is 17.4. The van der Waals surface area contributed by atoms with Crippen LogP contribution in [-0.4, -0.2) is 59.4 Å². The standard InChI is InChI=1S/C18H24N4O3/c1-18(2)16(24)20-17(25)22(18)11-15(23)21-9-13(8-19)14(10-21)12-6-4-3-5-7-12/h3-7,13-14H,8-11,19H2,1-2H3,(H,20,24,25)/t13-,14+/m1/s1. The van der Waals surface area contributed by atoms with Crippen molar-refractivity contribution in [3.63, 3.8) is 0 Å². The Morgan fingerprint density at radius 3 is 2.48 bits per heavy atom. The minimum absolute atomic E-state index is 0.108. The minimum Gasteiger partial charge on any atom is -0.340 e. The Balaban J connectivity index is 1.71. The van der Waals surface area contributed by atoms with E-state index < -0.39 is 11.6 Å². The zero-order valence-corrected chi connectivity index (χ0v) is 14.6. The van der Waals surface area contributed by atoms with E-state index >= 15 is 0 Å². The van der Waals surface area contributed by atoms with Crippen LogP contribution in [0.15, 0.2) is 30.3 Å². The molecule has 2 heterocycles. The Bertz CT molecular complexity index is 689. The Morgan fingerprint density at radius 1 is 1.24 bits per heavy atom. The summed E-state index contributed by atoms with van der Waals surface area (Å²) in [6, 6.07) is 9.52. The number of nitrogens with two attached hydrogens (primary N) is 1. The molecule has 2 aliphatic rings. The maximum absolute atomic E-state index is 12.7. The Morgan fingerprint density at radius 2 is 1.92 bits per heavy atom. The van der Waals surface area contributed by atoms with Crippen molar-refractivity contribution in [3.05, 3.63) is 35.9 Å². The lowest BCUT2D eigenvalue weighted by atomic mass is 9.89. The summed E-state index contributed by atoms with van der Waals surface area (Å²) < 4.78 is 0. The van der Waals surface area contributed by atoms with Gasteiger partial charge in [-0.1, -0.05) is 30.3 Å². The molecule has 0 bridgehead atoms. The summed E-state index contributed by atoms with van der Waals surface area (Å²) in [6.45, 7) is 4.81. The highest BCUT2D eigenvalue weighted by atomic mass is 16.2. The molecule has 1 aromatic carbocycles. The first-order valence-electron chi connectivity index (χ1n) is 8.50. The highest BCUT2D eigenvalue weighted by Gasteiger charge is 2.47. The van der Waals surface area contributed by atoms with Crippen LogP contribution in [0, 0.1) is 5.92 Å². The lowest BCUT2D eigenvalue weighted by Crippen LogP contribution is -2.49. The SMILES string of the molecule is CC1(C)C(=O)NC(=O)N1CC(=O)N1C[C@@H](CN)[C@H](c2ccccc2)C1. The molecule has 0 saturated carbocycles. The van der Waals surface area contributed by atoms with Crippen LogP contribution in [0.5, 0.6) is 0 Å². The summed E-state index contributed by atoms with van der Waals surface area (Å²) in [6.07, 6.45) is 0. The molecule has 0 spiro atoms. The Hall–Kier alpha value is -2.41. The molecule has 7 heteroatoms. The van der Waals surface area contributed by atoms with E-state index in [1.54, 1.807) is 18.7 Å².